The summed E-state index contributed by atoms with van der Waals surface area (Å²) in [5, 5.41) is 6.41. The average Bonchev–Trinajstić information content (AvgIpc) is 3.88. The van der Waals surface area contributed by atoms with Gasteiger partial charge in [-0.2, -0.15) is 0 Å². The van der Waals surface area contributed by atoms with Gasteiger partial charge in [-0.3, -0.25) is 24.1 Å². The van der Waals surface area contributed by atoms with Crippen molar-refractivity contribution in [1.82, 2.24) is 25.3 Å². The maximum absolute atomic E-state index is 14.8. The number of likely N-dealkylation sites (tertiary alicyclic amines) is 1. The topological polar surface area (TPSA) is 147 Å². The van der Waals surface area contributed by atoms with Gasteiger partial charge in [0.25, 0.3) is 0 Å². The molecule has 0 radical (unpaired) electrons. The fourth-order valence-electron chi connectivity index (χ4n) is 11.9. The number of methoxy groups -OCH3 is 2. The SMILES string of the molecule is CC[C@H](C)[C@@H]([C@@H](CC(=O)N1[C@H]2C[C@H]2C[C@H]1[C@H](OC)[C@@H](C)C(=O)N[C@H](Cc1ccccc1)CC(C)(C)C)OC)N(C)C(=O)[C@@H](NC(=O)[C@H](C(C)C)N(C)C(=O)OCC1c2ccccc2-c2ccccc21)C(C)C. The van der Waals surface area contributed by atoms with Crippen molar-refractivity contribution in [2.24, 2.45) is 35.0 Å². The van der Waals surface area contributed by atoms with Crippen LogP contribution in [0.15, 0.2) is 78.9 Å². The summed E-state index contributed by atoms with van der Waals surface area (Å²) in [5.41, 5.74) is 5.57. The van der Waals surface area contributed by atoms with Crippen molar-refractivity contribution in [3.05, 3.63) is 95.6 Å². The monoisotopic (exact) mass is 992 g/mol. The highest BCUT2D eigenvalue weighted by Gasteiger charge is 2.57. The van der Waals surface area contributed by atoms with Gasteiger partial charge in [0.1, 0.15) is 18.7 Å². The Bertz CT molecular complexity index is 2290. The van der Waals surface area contributed by atoms with E-state index in [0.717, 1.165) is 47.1 Å². The molecule has 5 amide bonds. The molecule has 2 fully saturated rings. The Morgan fingerprint density at radius 2 is 1.35 bits per heavy atom. The zero-order valence-corrected chi connectivity index (χ0v) is 45.6. The largest absolute Gasteiger partial charge is 0.448 e. The molecular formula is C59H85N5O8. The molecule has 3 aromatic carbocycles. The summed E-state index contributed by atoms with van der Waals surface area (Å²) in [5.74, 6) is -2.02. The molecule has 2 aliphatic carbocycles. The van der Waals surface area contributed by atoms with Crippen molar-refractivity contribution in [2.75, 3.05) is 34.9 Å². The lowest BCUT2D eigenvalue weighted by molar-refractivity contribution is -0.149. The number of benzene rings is 3. The first-order valence-electron chi connectivity index (χ1n) is 26.5. The maximum Gasteiger partial charge on any atom is 0.410 e. The second-order valence-corrected chi connectivity index (χ2v) is 23.0. The van der Waals surface area contributed by atoms with Crippen LogP contribution < -0.4 is 10.6 Å². The minimum absolute atomic E-state index is 0.0105. The number of piperidine rings is 1. The molecule has 0 spiro atoms. The molecule has 2 N–H and O–H groups in total. The number of rotatable bonds is 23. The number of amides is 5. The van der Waals surface area contributed by atoms with Crippen molar-refractivity contribution in [3.8, 4) is 11.1 Å². The van der Waals surface area contributed by atoms with E-state index in [2.05, 4.69) is 67.8 Å². The number of likely N-dealkylation sites (N-methyl/N-ethyl adjacent to an activating group) is 2. The summed E-state index contributed by atoms with van der Waals surface area (Å²) in [6, 6.07) is 23.7. The summed E-state index contributed by atoms with van der Waals surface area (Å²) in [7, 11) is 6.49. The first kappa shape index (κ1) is 56.0. The molecule has 6 rings (SSSR count). The smallest absolute Gasteiger partial charge is 0.410 e. The molecule has 394 valence electrons. The quantitative estimate of drug-likeness (QED) is 0.0957. The molecule has 1 heterocycles. The minimum atomic E-state index is -0.944. The van der Waals surface area contributed by atoms with Crippen LogP contribution in [-0.2, 0) is 39.8 Å². The number of fused-ring (bicyclic) bond motifs is 4. The van der Waals surface area contributed by atoms with Crippen LogP contribution >= 0.6 is 0 Å². The Morgan fingerprint density at radius 3 is 1.89 bits per heavy atom. The van der Waals surface area contributed by atoms with Crippen molar-refractivity contribution >= 4 is 29.7 Å². The second kappa shape index (κ2) is 24.2. The second-order valence-electron chi connectivity index (χ2n) is 23.0. The average molecular weight is 992 g/mol. The van der Waals surface area contributed by atoms with E-state index >= 15 is 0 Å². The zero-order valence-electron chi connectivity index (χ0n) is 45.6. The van der Waals surface area contributed by atoms with Gasteiger partial charge in [-0.05, 0) is 82.6 Å². The molecule has 1 saturated heterocycles. The summed E-state index contributed by atoms with van der Waals surface area (Å²) >= 11 is 0. The van der Waals surface area contributed by atoms with Gasteiger partial charge in [0.05, 0.1) is 36.6 Å². The van der Waals surface area contributed by atoms with Crippen molar-refractivity contribution in [2.45, 2.75) is 162 Å². The lowest BCUT2D eigenvalue weighted by Crippen LogP contribution is -2.60. The van der Waals surface area contributed by atoms with Gasteiger partial charge in [0.2, 0.25) is 23.6 Å². The highest BCUT2D eigenvalue weighted by Crippen LogP contribution is 2.50. The van der Waals surface area contributed by atoms with Crippen LogP contribution in [0.25, 0.3) is 11.1 Å². The van der Waals surface area contributed by atoms with E-state index in [-0.39, 0.29) is 78.0 Å². The molecular weight excluding hydrogens is 907 g/mol. The highest BCUT2D eigenvalue weighted by atomic mass is 16.6. The highest BCUT2D eigenvalue weighted by molar-refractivity contribution is 5.92. The standard InChI is InChI=1S/C59H85N5O8/c1-15-37(6)53(49(70-13)32-50(65)64-47-30-40(47)31-48(64)54(71-14)38(7)55(66)60-41(33-59(8,9)10)29-39-23-17-16-18-24-39)62(11)57(68)51(35(2)3)61-56(67)52(36(4)5)63(12)58(69)72-34-46-44-27-21-19-25-42(44)43-26-20-22-28-45(43)46/h16-28,35-38,40-41,46-49,51-54H,15,29-34H2,1-14H3,(H,60,66)(H,61,67)/t37-,38+,40-,41+,47-,48-,49+,51-,52-,53-,54+/m0/s1. The van der Waals surface area contributed by atoms with Crippen molar-refractivity contribution in [3.63, 3.8) is 0 Å². The number of hydrogen-bond acceptors (Lipinski definition) is 8. The Hall–Kier alpha value is -5.27. The molecule has 13 heteroatoms. The molecule has 3 aliphatic rings. The van der Waals surface area contributed by atoms with Gasteiger partial charge in [-0.25, -0.2) is 4.79 Å². The Balaban J connectivity index is 1.13. The zero-order chi connectivity index (χ0) is 52.8. The van der Waals surface area contributed by atoms with E-state index < -0.39 is 48.3 Å². The van der Waals surface area contributed by atoms with Gasteiger partial charge >= 0.3 is 6.09 Å². The molecule has 1 saturated carbocycles. The van der Waals surface area contributed by atoms with Crippen LogP contribution in [0.4, 0.5) is 4.79 Å². The Morgan fingerprint density at radius 1 is 0.750 bits per heavy atom. The maximum atomic E-state index is 14.8. The lowest BCUT2D eigenvalue weighted by Gasteiger charge is -2.41. The third kappa shape index (κ3) is 12.9. The van der Waals surface area contributed by atoms with E-state index in [1.54, 1.807) is 33.2 Å². The van der Waals surface area contributed by atoms with E-state index in [1.165, 1.54) is 4.90 Å². The predicted molar refractivity (Wildman–Crippen MR) is 283 cm³/mol. The van der Waals surface area contributed by atoms with Gasteiger partial charge in [0, 0.05) is 46.3 Å². The summed E-state index contributed by atoms with van der Waals surface area (Å²) in [6.07, 6.45) is 2.04. The van der Waals surface area contributed by atoms with E-state index in [1.807, 2.05) is 95.8 Å². The van der Waals surface area contributed by atoms with Crippen LogP contribution in [0.5, 0.6) is 0 Å². The predicted octanol–water partition coefficient (Wildman–Crippen LogP) is 9.12. The van der Waals surface area contributed by atoms with Crippen molar-refractivity contribution in [1.29, 1.82) is 0 Å². The van der Waals surface area contributed by atoms with Gasteiger partial charge in [-0.15, -0.1) is 0 Å². The number of hydrogen-bond donors (Lipinski definition) is 2. The van der Waals surface area contributed by atoms with Gasteiger partial charge in [-0.1, -0.05) is 155 Å². The summed E-state index contributed by atoms with van der Waals surface area (Å²) < 4.78 is 18.3. The van der Waals surface area contributed by atoms with Crippen LogP contribution in [0.1, 0.15) is 124 Å². The molecule has 3 aromatic rings. The number of carbonyl (C=O) groups is 5. The summed E-state index contributed by atoms with van der Waals surface area (Å²) in [4.78, 5) is 76.9. The normalized spacial score (nSPS) is 20.5. The molecule has 1 aliphatic heterocycles. The minimum Gasteiger partial charge on any atom is -0.448 e. The number of ether oxygens (including phenoxy) is 3. The molecule has 0 unspecified atom stereocenters. The third-order valence-electron chi connectivity index (χ3n) is 15.8. The molecule has 0 aromatic heterocycles. The number of nitrogens with one attached hydrogen (secondary N) is 2. The summed E-state index contributed by atoms with van der Waals surface area (Å²) in [6.45, 7) is 20.1. The van der Waals surface area contributed by atoms with Crippen LogP contribution in [0.3, 0.4) is 0 Å². The van der Waals surface area contributed by atoms with E-state index in [9.17, 15) is 24.0 Å². The molecule has 13 nitrogen and oxygen atoms in total. The van der Waals surface area contributed by atoms with Gasteiger partial charge < -0.3 is 34.6 Å². The molecule has 72 heavy (non-hydrogen) atoms. The number of nitrogens with zero attached hydrogens (tertiary/aromatic N) is 3. The van der Waals surface area contributed by atoms with E-state index in [0.29, 0.717) is 18.8 Å². The van der Waals surface area contributed by atoms with Crippen LogP contribution in [0, 0.1) is 35.0 Å². The Kier molecular flexibility index (Phi) is 18.8. The fourth-order valence-corrected chi connectivity index (χ4v) is 11.9. The van der Waals surface area contributed by atoms with Crippen LogP contribution in [-0.4, -0.2) is 128 Å². The number of carbonyl (C=O) groups excluding carboxylic acids is 5. The van der Waals surface area contributed by atoms with Crippen LogP contribution in [0.2, 0.25) is 0 Å². The fraction of sp³-hybridized carbons (Fsp3) is 0.610. The first-order valence-corrected chi connectivity index (χ1v) is 26.5. The molecule has 0 bridgehead atoms. The van der Waals surface area contributed by atoms with Gasteiger partial charge in [0.15, 0.2) is 0 Å². The molecule has 11 atom stereocenters. The van der Waals surface area contributed by atoms with Crippen molar-refractivity contribution < 1.29 is 38.2 Å². The first-order chi connectivity index (χ1) is 34.1. The van der Waals surface area contributed by atoms with E-state index in [4.69, 9.17) is 14.2 Å². The Labute approximate surface area is 430 Å². The lowest BCUT2D eigenvalue weighted by atomic mass is 9.85. The third-order valence-corrected chi connectivity index (χ3v) is 15.8.